The largest absolute Gasteiger partial charge is 0.382 e. The molecular weight excluding hydrogens is 116 g/mol. The standard InChI is InChI=1S/C7H15O2/c1-7(9-2)5-3-4-6-8/h7H,3-6H2,1-2H3. The summed E-state index contributed by atoms with van der Waals surface area (Å²) in [4.78, 5) is 0. The van der Waals surface area contributed by atoms with Crippen molar-refractivity contribution in [1.82, 2.24) is 0 Å². The third-order valence-electron chi connectivity index (χ3n) is 1.41. The second kappa shape index (κ2) is 6.05. The Hall–Kier alpha value is -0.0800. The zero-order valence-corrected chi connectivity index (χ0v) is 6.22. The Kier molecular flexibility index (Phi) is 5.99. The molecule has 1 unspecified atom stereocenters. The maximum absolute atomic E-state index is 9.96. The van der Waals surface area contributed by atoms with Gasteiger partial charge in [0.25, 0.3) is 0 Å². The summed E-state index contributed by atoms with van der Waals surface area (Å²) in [7, 11) is 1.70. The fraction of sp³-hybridized carbons (Fsp3) is 1.00. The second-order valence-electron chi connectivity index (χ2n) is 2.25. The quantitative estimate of drug-likeness (QED) is 0.521. The Morgan fingerprint density at radius 2 is 2.11 bits per heavy atom. The molecule has 9 heavy (non-hydrogen) atoms. The minimum absolute atomic E-state index is 0.0520. The van der Waals surface area contributed by atoms with Crippen LogP contribution in [0.3, 0.4) is 0 Å². The highest BCUT2D eigenvalue weighted by atomic mass is 16.5. The van der Waals surface area contributed by atoms with E-state index in [2.05, 4.69) is 0 Å². The molecule has 0 N–H and O–H groups in total. The van der Waals surface area contributed by atoms with Gasteiger partial charge in [0.1, 0.15) is 0 Å². The van der Waals surface area contributed by atoms with Gasteiger partial charge in [-0.15, -0.1) is 0 Å². The van der Waals surface area contributed by atoms with Crippen molar-refractivity contribution < 1.29 is 9.84 Å². The van der Waals surface area contributed by atoms with E-state index in [0.717, 1.165) is 19.3 Å². The fourth-order valence-electron chi connectivity index (χ4n) is 0.652. The summed E-state index contributed by atoms with van der Waals surface area (Å²) in [5.41, 5.74) is 0. The summed E-state index contributed by atoms with van der Waals surface area (Å²) < 4.78 is 4.99. The van der Waals surface area contributed by atoms with Gasteiger partial charge in [0, 0.05) is 7.11 Å². The predicted octanol–water partition coefficient (Wildman–Crippen LogP) is 1.62. The van der Waals surface area contributed by atoms with Gasteiger partial charge in [-0.05, 0) is 26.2 Å². The molecule has 0 aliphatic rings. The van der Waals surface area contributed by atoms with Gasteiger partial charge in [-0.2, -0.15) is 0 Å². The maximum atomic E-state index is 9.96. The Bertz CT molecular complexity index is 54.9. The lowest BCUT2D eigenvalue weighted by Crippen LogP contribution is -2.03. The SMILES string of the molecule is COC(C)CCCC[O]. The first-order valence-corrected chi connectivity index (χ1v) is 3.42. The molecule has 55 valence electrons. The van der Waals surface area contributed by atoms with Gasteiger partial charge in [0.2, 0.25) is 0 Å². The minimum atomic E-state index is 0.0520. The number of rotatable bonds is 5. The van der Waals surface area contributed by atoms with Crippen molar-refractivity contribution in [1.29, 1.82) is 0 Å². The zero-order valence-electron chi connectivity index (χ0n) is 6.22. The predicted molar refractivity (Wildman–Crippen MR) is 35.9 cm³/mol. The average Bonchev–Trinajstić information content (AvgIpc) is 1.89. The third-order valence-corrected chi connectivity index (χ3v) is 1.41. The summed E-state index contributed by atoms with van der Waals surface area (Å²) in [5, 5.41) is 9.96. The molecule has 0 aliphatic carbocycles. The van der Waals surface area contributed by atoms with Crippen molar-refractivity contribution in [3.63, 3.8) is 0 Å². The summed E-state index contributed by atoms with van der Waals surface area (Å²) in [6.45, 7) is 2.07. The summed E-state index contributed by atoms with van der Waals surface area (Å²) >= 11 is 0. The van der Waals surface area contributed by atoms with E-state index in [0.29, 0.717) is 6.10 Å². The van der Waals surface area contributed by atoms with Gasteiger partial charge in [-0.1, -0.05) is 0 Å². The molecule has 0 saturated heterocycles. The van der Waals surface area contributed by atoms with Gasteiger partial charge >= 0.3 is 0 Å². The number of hydrogen-bond acceptors (Lipinski definition) is 1. The zero-order chi connectivity index (χ0) is 7.11. The van der Waals surface area contributed by atoms with Crippen LogP contribution < -0.4 is 0 Å². The van der Waals surface area contributed by atoms with Crippen molar-refractivity contribution in [2.45, 2.75) is 32.3 Å². The third kappa shape index (κ3) is 5.80. The Balaban J connectivity index is 2.88. The van der Waals surface area contributed by atoms with E-state index in [-0.39, 0.29) is 6.61 Å². The van der Waals surface area contributed by atoms with E-state index in [1.165, 1.54) is 0 Å². The van der Waals surface area contributed by atoms with E-state index in [1.807, 2.05) is 6.92 Å². The van der Waals surface area contributed by atoms with Crippen LogP contribution in [0.4, 0.5) is 0 Å². The molecule has 1 atom stereocenters. The van der Waals surface area contributed by atoms with Crippen molar-refractivity contribution in [2.75, 3.05) is 13.7 Å². The van der Waals surface area contributed by atoms with E-state index in [9.17, 15) is 5.11 Å². The minimum Gasteiger partial charge on any atom is -0.382 e. The first-order valence-electron chi connectivity index (χ1n) is 3.42. The van der Waals surface area contributed by atoms with Gasteiger partial charge in [-0.3, -0.25) is 0 Å². The number of unbranched alkanes of at least 4 members (excludes halogenated alkanes) is 1. The monoisotopic (exact) mass is 131 g/mol. The molecule has 0 heterocycles. The van der Waals surface area contributed by atoms with Crippen LogP contribution in [-0.4, -0.2) is 19.8 Å². The molecule has 0 spiro atoms. The number of ether oxygens (including phenoxy) is 1. The topological polar surface area (TPSA) is 29.1 Å². The van der Waals surface area contributed by atoms with Crippen molar-refractivity contribution >= 4 is 0 Å². The molecule has 2 heteroatoms. The smallest absolute Gasteiger partial charge is 0.0822 e. The molecule has 0 amide bonds. The lowest BCUT2D eigenvalue weighted by molar-refractivity contribution is 0.104. The molecule has 0 fully saturated rings. The lowest BCUT2D eigenvalue weighted by Gasteiger charge is -2.06. The molecule has 0 aromatic carbocycles. The first-order chi connectivity index (χ1) is 4.31. The Morgan fingerprint density at radius 3 is 2.56 bits per heavy atom. The molecule has 0 saturated carbocycles. The normalized spacial score (nSPS) is 13.7. The van der Waals surface area contributed by atoms with Crippen LogP contribution in [0.2, 0.25) is 0 Å². The van der Waals surface area contributed by atoms with Gasteiger partial charge in [0.05, 0.1) is 12.7 Å². The highest BCUT2D eigenvalue weighted by Gasteiger charge is 1.96. The maximum Gasteiger partial charge on any atom is 0.0822 e. The van der Waals surface area contributed by atoms with Crippen molar-refractivity contribution in [2.24, 2.45) is 0 Å². The Morgan fingerprint density at radius 1 is 1.44 bits per heavy atom. The number of methoxy groups -OCH3 is 1. The highest BCUT2D eigenvalue weighted by Crippen LogP contribution is 2.01. The molecule has 1 radical (unpaired) electrons. The lowest BCUT2D eigenvalue weighted by atomic mass is 10.2. The summed E-state index contributed by atoms with van der Waals surface area (Å²) in [6.07, 6.45) is 3.11. The summed E-state index contributed by atoms with van der Waals surface area (Å²) in [5.74, 6) is 0. The van der Waals surface area contributed by atoms with Gasteiger partial charge < -0.3 is 4.74 Å². The van der Waals surface area contributed by atoms with Gasteiger partial charge in [-0.25, -0.2) is 5.11 Å². The molecule has 0 bridgehead atoms. The molecular formula is C7H15O2. The molecule has 0 aromatic heterocycles. The second-order valence-corrected chi connectivity index (χ2v) is 2.25. The number of hydrogen-bond donors (Lipinski definition) is 0. The fourth-order valence-corrected chi connectivity index (χ4v) is 0.652. The van der Waals surface area contributed by atoms with Gasteiger partial charge in [0.15, 0.2) is 0 Å². The Labute approximate surface area is 56.8 Å². The van der Waals surface area contributed by atoms with Crippen LogP contribution in [0, 0.1) is 0 Å². The van der Waals surface area contributed by atoms with Crippen molar-refractivity contribution in [3.8, 4) is 0 Å². The van der Waals surface area contributed by atoms with Crippen LogP contribution >= 0.6 is 0 Å². The van der Waals surface area contributed by atoms with E-state index in [1.54, 1.807) is 7.11 Å². The van der Waals surface area contributed by atoms with Crippen LogP contribution in [0.1, 0.15) is 26.2 Å². The van der Waals surface area contributed by atoms with Crippen LogP contribution in [-0.2, 0) is 9.84 Å². The van der Waals surface area contributed by atoms with E-state index in [4.69, 9.17) is 4.74 Å². The summed E-state index contributed by atoms with van der Waals surface area (Å²) in [6, 6.07) is 0. The van der Waals surface area contributed by atoms with Crippen molar-refractivity contribution in [3.05, 3.63) is 0 Å². The molecule has 0 rings (SSSR count). The average molecular weight is 131 g/mol. The van der Waals surface area contributed by atoms with Crippen LogP contribution in [0.25, 0.3) is 0 Å². The molecule has 0 aromatic rings. The molecule has 0 aliphatic heterocycles. The van der Waals surface area contributed by atoms with E-state index < -0.39 is 0 Å². The van der Waals surface area contributed by atoms with Crippen LogP contribution in [0.15, 0.2) is 0 Å². The van der Waals surface area contributed by atoms with E-state index >= 15 is 0 Å². The highest BCUT2D eigenvalue weighted by molar-refractivity contribution is 4.48. The first kappa shape index (κ1) is 8.92. The molecule has 2 nitrogen and oxygen atoms in total. The van der Waals surface area contributed by atoms with Crippen LogP contribution in [0.5, 0.6) is 0 Å².